The Hall–Kier alpha value is -0.705. The molecular formula is C8H10BClO3. The van der Waals surface area contributed by atoms with Gasteiger partial charge in [-0.1, -0.05) is 17.7 Å². The van der Waals surface area contributed by atoms with E-state index in [-0.39, 0.29) is 5.75 Å². The average Bonchev–Trinajstić information content (AvgIpc) is 2.04. The summed E-state index contributed by atoms with van der Waals surface area (Å²) >= 11 is 5.62. The lowest BCUT2D eigenvalue weighted by Gasteiger charge is -2.07. The average molecular weight is 200 g/mol. The van der Waals surface area contributed by atoms with Crippen LogP contribution in [0.3, 0.4) is 0 Å². The van der Waals surface area contributed by atoms with Crippen LogP contribution in [0.15, 0.2) is 18.2 Å². The van der Waals surface area contributed by atoms with Gasteiger partial charge in [0.2, 0.25) is 0 Å². The summed E-state index contributed by atoms with van der Waals surface area (Å²) in [5.41, 5.74) is 0.325. The van der Waals surface area contributed by atoms with Crippen LogP contribution in [-0.2, 0) is 4.65 Å². The molecular weight excluding hydrogens is 190 g/mol. The van der Waals surface area contributed by atoms with Crippen molar-refractivity contribution >= 4 is 24.2 Å². The van der Waals surface area contributed by atoms with E-state index in [1.165, 1.54) is 12.1 Å². The summed E-state index contributed by atoms with van der Waals surface area (Å²) < 4.78 is 4.90. The molecule has 0 aliphatic heterocycles. The third kappa shape index (κ3) is 2.62. The Morgan fingerprint density at radius 1 is 1.54 bits per heavy atom. The molecule has 2 N–H and O–H groups in total. The van der Waals surface area contributed by atoms with Crippen LogP contribution in [0.1, 0.15) is 6.92 Å². The topological polar surface area (TPSA) is 49.7 Å². The van der Waals surface area contributed by atoms with E-state index in [0.29, 0.717) is 17.1 Å². The molecule has 0 bridgehead atoms. The van der Waals surface area contributed by atoms with Gasteiger partial charge in [0.25, 0.3) is 0 Å². The number of benzene rings is 1. The van der Waals surface area contributed by atoms with Gasteiger partial charge in [-0.15, -0.1) is 0 Å². The minimum absolute atomic E-state index is 0.0616. The minimum Gasteiger partial charge on any atom is -0.508 e. The van der Waals surface area contributed by atoms with Crippen molar-refractivity contribution in [1.29, 1.82) is 0 Å². The lowest BCUT2D eigenvalue weighted by Crippen LogP contribution is -2.33. The second-order valence-electron chi connectivity index (χ2n) is 2.51. The third-order valence-corrected chi connectivity index (χ3v) is 1.82. The van der Waals surface area contributed by atoms with E-state index >= 15 is 0 Å². The maximum Gasteiger partial charge on any atom is 0.494 e. The van der Waals surface area contributed by atoms with Gasteiger partial charge in [-0.3, -0.25) is 0 Å². The van der Waals surface area contributed by atoms with E-state index in [0.717, 1.165) is 0 Å². The highest BCUT2D eigenvalue weighted by molar-refractivity contribution is 6.61. The van der Waals surface area contributed by atoms with Crippen molar-refractivity contribution in [3.63, 3.8) is 0 Å². The maximum atomic E-state index is 9.37. The molecule has 0 aliphatic rings. The van der Waals surface area contributed by atoms with Crippen LogP contribution in [0.5, 0.6) is 5.75 Å². The molecule has 0 spiro atoms. The fraction of sp³-hybridized carbons (Fsp3) is 0.250. The molecule has 0 atom stereocenters. The van der Waals surface area contributed by atoms with E-state index in [4.69, 9.17) is 16.3 Å². The van der Waals surface area contributed by atoms with Crippen LogP contribution in [0.2, 0.25) is 5.02 Å². The van der Waals surface area contributed by atoms with E-state index in [2.05, 4.69) is 0 Å². The van der Waals surface area contributed by atoms with Crippen molar-refractivity contribution in [2.24, 2.45) is 0 Å². The first-order valence-electron chi connectivity index (χ1n) is 3.93. The lowest BCUT2D eigenvalue weighted by atomic mass is 9.79. The largest absolute Gasteiger partial charge is 0.508 e. The van der Waals surface area contributed by atoms with Crippen molar-refractivity contribution in [2.75, 3.05) is 6.61 Å². The highest BCUT2D eigenvalue weighted by Crippen LogP contribution is 2.14. The van der Waals surface area contributed by atoms with Crippen LogP contribution in [0, 0.1) is 0 Å². The van der Waals surface area contributed by atoms with Crippen LogP contribution in [0.25, 0.3) is 0 Å². The fourth-order valence-corrected chi connectivity index (χ4v) is 1.14. The fourth-order valence-electron chi connectivity index (χ4n) is 0.973. The molecule has 0 aromatic heterocycles. The summed E-state index contributed by atoms with van der Waals surface area (Å²) in [6.45, 7) is 2.14. The van der Waals surface area contributed by atoms with Gasteiger partial charge in [0.15, 0.2) is 0 Å². The third-order valence-electron chi connectivity index (χ3n) is 1.58. The highest BCUT2D eigenvalue weighted by atomic mass is 35.5. The number of phenols is 1. The Labute approximate surface area is 82.1 Å². The Morgan fingerprint density at radius 3 is 2.77 bits per heavy atom. The van der Waals surface area contributed by atoms with E-state index in [1.807, 2.05) is 0 Å². The highest BCUT2D eigenvalue weighted by Gasteiger charge is 2.19. The molecule has 5 heteroatoms. The molecule has 13 heavy (non-hydrogen) atoms. The first-order chi connectivity index (χ1) is 6.15. The van der Waals surface area contributed by atoms with Gasteiger partial charge in [0.1, 0.15) is 5.75 Å². The zero-order chi connectivity index (χ0) is 9.84. The van der Waals surface area contributed by atoms with Gasteiger partial charge in [-0.2, -0.15) is 0 Å². The predicted molar refractivity (Wildman–Crippen MR) is 52.3 cm³/mol. The zero-order valence-corrected chi connectivity index (χ0v) is 7.95. The van der Waals surface area contributed by atoms with Crippen molar-refractivity contribution in [3.8, 4) is 5.75 Å². The number of halogens is 1. The second kappa shape index (κ2) is 4.51. The Balaban J connectivity index is 2.88. The second-order valence-corrected chi connectivity index (χ2v) is 2.95. The van der Waals surface area contributed by atoms with Crippen LogP contribution >= 0.6 is 11.6 Å². The zero-order valence-electron chi connectivity index (χ0n) is 7.20. The smallest absolute Gasteiger partial charge is 0.494 e. The van der Waals surface area contributed by atoms with Gasteiger partial charge in [-0.25, -0.2) is 0 Å². The monoisotopic (exact) mass is 200 g/mol. The molecule has 1 aromatic rings. The number of aromatic hydroxyl groups is 1. The van der Waals surface area contributed by atoms with Gasteiger partial charge in [0, 0.05) is 17.1 Å². The lowest BCUT2D eigenvalue weighted by molar-refractivity contribution is 0.286. The van der Waals surface area contributed by atoms with Crippen LogP contribution in [-0.4, -0.2) is 23.9 Å². The molecule has 1 aromatic carbocycles. The molecule has 0 fully saturated rings. The molecule has 1 rings (SSSR count). The van der Waals surface area contributed by atoms with Gasteiger partial charge < -0.3 is 14.8 Å². The summed E-state index contributed by atoms with van der Waals surface area (Å²) in [5, 5.41) is 19.2. The predicted octanol–water partition coefficient (Wildman–Crippen LogP) is 0.770. The molecule has 70 valence electrons. The number of phenolic OH excluding ortho intramolecular Hbond substituents is 1. The molecule has 0 heterocycles. The Morgan fingerprint density at radius 2 is 2.23 bits per heavy atom. The Bertz CT molecular complexity index is 293. The minimum atomic E-state index is -1.10. The summed E-state index contributed by atoms with van der Waals surface area (Å²) in [6, 6.07) is 4.47. The molecule has 0 unspecified atom stereocenters. The normalized spacial score (nSPS) is 10.1. The molecule has 0 saturated heterocycles. The number of hydrogen-bond donors (Lipinski definition) is 2. The molecule has 0 amide bonds. The van der Waals surface area contributed by atoms with E-state index < -0.39 is 7.12 Å². The number of rotatable bonds is 3. The van der Waals surface area contributed by atoms with Crippen LogP contribution < -0.4 is 5.46 Å². The first-order valence-corrected chi connectivity index (χ1v) is 4.31. The summed E-state index contributed by atoms with van der Waals surface area (Å²) in [4.78, 5) is 0. The van der Waals surface area contributed by atoms with Gasteiger partial charge >= 0.3 is 7.12 Å². The van der Waals surface area contributed by atoms with Crippen molar-refractivity contribution < 1.29 is 14.8 Å². The van der Waals surface area contributed by atoms with E-state index in [9.17, 15) is 10.1 Å². The summed E-state index contributed by atoms with van der Waals surface area (Å²) in [5.74, 6) is -0.0616. The molecule has 0 saturated carbocycles. The quantitative estimate of drug-likeness (QED) is 0.709. The Kier molecular flexibility index (Phi) is 3.60. The van der Waals surface area contributed by atoms with Crippen molar-refractivity contribution in [1.82, 2.24) is 0 Å². The van der Waals surface area contributed by atoms with Gasteiger partial charge in [-0.05, 0) is 19.1 Å². The first kappa shape index (κ1) is 10.4. The maximum absolute atomic E-state index is 9.37. The summed E-state index contributed by atoms with van der Waals surface area (Å²) in [6.07, 6.45) is 0. The standard InChI is InChI=1S/C8H10BClO3/c1-2-13-9(12)7-4-3-6(10)5-8(7)11/h3-5,11-12H,2H2,1H3. The molecule has 0 radical (unpaired) electrons. The van der Waals surface area contributed by atoms with Crippen LogP contribution in [0.4, 0.5) is 0 Å². The van der Waals surface area contributed by atoms with Gasteiger partial charge in [0.05, 0.1) is 0 Å². The van der Waals surface area contributed by atoms with Crippen molar-refractivity contribution in [2.45, 2.75) is 6.92 Å². The van der Waals surface area contributed by atoms with E-state index in [1.54, 1.807) is 13.0 Å². The molecule has 3 nitrogen and oxygen atoms in total. The van der Waals surface area contributed by atoms with Crippen molar-refractivity contribution in [3.05, 3.63) is 23.2 Å². The summed E-state index contributed by atoms with van der Waals surface area (Å²) in [7, 11) is -1.10. The number of hydrogen-bond acceptors (Lipinski definition) is 3. The SMILES string of the molecule is CCOB(O)c1ccc(Cl)cc1O. The molecule has 0 aliphatic carbocycles.